The maximum Gasteiger partial charge on any atom is 0.263 e. The molecule has 0 bridgehead atoms. The Balaban J connectivity index is 2.65. The molecule has 0 atom stereocenters. The minimum Gasteiger partial charge on any atom is -0.349 e. The zero-order chi connectivity index (χ0) is 13.2. The molecule has 1 rings (SSSR count). The summed E-state index contributed by atoms with van der Waals surface area (Å²) in [5.41, 5.74) is 0.760. The summed E-state index contributed by atoms with van der Waals surface area (Å²) >= 11 is 1.44. The molecule has 0 radical (unpaired) electrons. The molecule has 0 fully saturated rings. The van der Waals surface area contributed by atoms with Crippen molar-refractivity contribution in [2.75, 3.05) is 20.6 Å². The number of likely N-dealkylation sites (N-methyl/N-ethyl adjacent to an activating group) is 1. The quantitative estimate of drug-likeness (QED) is 0.893. The molecular formula is C12H21N3OS. The Morgan fingerprint density at radius 1 is 1.41 bits per heavy atom. The van der Waals surface area contributed by atoms with Gasteiger partial charge in [0.1, 0.15) is 4.88 Å². The molecule has 1 aromatic rings. The second kappa shape index (κ2) is 5.14. The molecule has 17 heavy (non-hydrogen) atoms. The molecule has 1 aromatic heterocycles. The Morgan fingerprint density at radius 2 is 2.00 bits per heavy atom. The molecular weight excluding hydrogens is 234 g/mol. The molecule has 0 aromatic carbocycles. The molecule has 0 saturated heterocycles. The van der Waals surface area contributed by atoms with Crippen LogP contribution in [0.5, 0.6) is 0 Å². The summed E-state index contributed by atoms with van der Waals surface area (Å²) in [4.78, 5) is 19.1. The van der Waals surface area contributed by atoms with Crippen molar-refractivity contribution in [3.8, 4) is 0 Å². The third-order valence-corrected chi connectivity index (χ3v) is 4.07. The van der Waals surface area contributed by atoms with E-state index in [1.165, 1.54) is 11.3 Å². The summed E-state index contributed by atoms with van der Waals surface area (Å²) in [5, 5.41) is 3.89. The van der Waals surface area contributed by atoms with Gasteiger partial charge in [-0.2, -0.15) is 0 Å². The third-order valence-electron chi connectivity index (χ3n) is 3.00. The van der Waals surface area contributed by atoms with Crippen LogP contribution in [0.4, 0.5) is 0 Å². The molecule has 96 valence electrons. The van der Waals surface area contributed by atoms with Crippen molar-refractivity contribution in [3.05, 3.63) is 15.6 Å². The van der Waals surface area contributed by atoms with Gasteiger partial charge in [0.05, 0.1) is 10.7 Å². The molecule has 0 spiro atoms. The highest BCUT2D eigenvalue weighted by molar-refractivity contribution is 7.13. The van der Waals surface area contributed by atoms with Crippen molar-refractivity contribution in [1.29, 1.82) is 0 Å². The van der Waals surface area contributed by atoms with Gasteiger partial charge < -0.3 is 10.2 Å². The monoisotopic (exact) mass is 255 g/mol. The van der Waals surface area contributed by atoms with Crippen LogP contribution in [0.15, 0.2) is 0 Å². The zero-order valence-electron chi connectivity index (χ0n) is 11.4. The van der Waals surface area contributed by atoms with Gasteiger partial charge in [-0.15, -0.1) is 11.3 Å². The van der Waals surface area contributed by atoms with Gasteiger partial charge in [-0.1, -0.05) is 0 Å². The fourth-order valence-electron chi connectivity index (χ4n) is 1.28. The standard InChI is InChI=1S/C12H21N3OS/c1-8-10(17-9(2)14-8)11(16)13-7-12(3,4)15(5)6/h7H2,1-6H3,(H,13,16). The van der Waals surface area contributed by atoms with Gasteiger partial charge in [0.2, 0.25) is 0 Å². The van der Waals surface area contributed by atoms with E-state index in [4.69, 9.17) is 0 Å². The Bertz CT molecular complexity index is 410. The minimum absolute atomic E-state index is 0.0250. The van der Waals surface area contributed by atoms with Crippen LogP contribution in [0.25, 0.3) is 0 Å². The number of amides is 1. The summed E-state index contributed by atoms with van der Waals surface area (Å²) in [6, 6.07) is 0. The lowest BCUT2D eigenvalue weighted by Gasteiger charge is -2.32. The molecule has 0 saturated carbocycles. The predicted molar refractivity (Wildman–Crippen MR) is 71.7 cm³/mol. The lowest BCUT2D eigenvalue weighted by atomic mass is 10.0. The van der Waals surface area contributed by atoms with Crippen LogP contribution in [-0.2, 0) is 0 Å². The number of nitrogens with zero attached hydrogens (tertiary/aromatic N) is 2. The Morgan fingerprint density at radius 3 is 2.41 bits per heavy atom. The van der Waals surface area contributed by atoms with E-state index in [0.717, 1.165) is 15.6 Å². The Hall–Kier alpha value is -0.940. The molecule has 4 nitrogen and oxygen atoms in total. The first-order chi connectivity index (χ1) is 7.74. The van der Waals surface area contributed by atoms with Gasteiger partial charge in [-0.3, -0.25) is 4.79 Å². The van der Waals surface area contributed by atoms with E-state index < -0.39 is 0 Å². The smallest absolute Gasteiger partial charge is 0.263 e. The topological polar surface area (TPSA) is 45.2 Å². The van der Waals surface area contributed by atoms with Gasteiger partial charge in [0.25, 0.3) is 5.91 Å². The highest BCUT2D eigenvalue weighted by Crippen LogP contribution is 2.17. The lowest BCUT2D eigenvalue weighted by Crippen LogP contribution is -2.48. The van der Waals surface area contributed by atoms with E-state index in [1.807, 2.05) is 27.9 Å². The van der Waals surface area contributed by atoms with Crippen LogP contribution < -0.4 is 5.32 Å². The second-order valence-corrected chi connectivity index (χ2v) is 6.24. The molecule has 1 amide bonds. The van der Waals surface area contributed by atoms with Crippen LogP contribution in [0.3, 0.4) is 0 Å². The normalized spacial score (nSPS) is 11.9. The molecule has 0 aliphatic rings. The second-order valence-electron chi connectivity index (χ2n) is 5.04. The van der Waals surface area contributed by atoms with E-state index >= 15 is 0 Å². The van der Waals surface area contributed by atoms with Crippen LogP contribution >= 0.6 is 11.3 Å². The summed E-state index contributed by atoms with van der Waals surface area (Å²) in [6.07, 6.45) is 0. The molecule has 1 N–H and O–H groups in total. The van der Waals surface area contributed by atoms with Gasteiger partial charge >= 0.3 is 0 Å². The molecule has 5 heteroatoms. The number of thiazole rings is 1. The Kier molecular flexibility index (Phi) is 4.27. The number of nitrogens with one attached hydrogen (secondary N) is 1. The summed E-state index contributed by atoms with van der Waals surface area (Å²) in [7, 11) is 4.02. The maximum absolute atomic E-state index is 12.0. The average Bonchev–Trinajstić information content (AvgIpc) is 2.54. The van der Waals surface area contributed by atoms with Gasteiger partial charge in [0.15, 0.2) is 0 Å². The van der Waals surface area contributed by atoms with E-state index in [-0.39, 0.29) is 11.4 Å². The highest BCUT2D eigenvalue weighted by atomic mass is 32.1. The number of rotatable bonds is 4. The summed E-state index contributed by atoms with van der Waals surface area (Å²) in [5.74, 6) is -0.0250. The van der Waals surface area contributed by atoms with Crippen LogP contribution in [0, 0.1) is 13.8 Å². The number of aromatic nitrogens is 1. The first-order valence-electron chi connectivity index (χ1n) is 5.63. The van der Waals surface area contributed by atoms with Gasteiger partial charge in [0, 0.05) is 12.1 Å². The summed E-state index contributed by atoms with van der Waals surface area (Å²) in [6.45, 7) is 8.60. The van der Waals surface area contributed by atoms with Crippen molar-refractivity contribution < 1.29 is 4.79 Å². The molecule has 0 aliphatic carbocycles. The van der Waals surface area contributed by atoms with E-state index in [9.17, 15) is 4.79 Å². The molecule has 0 unspecified atom stereocenters. The number of hydrogen-bond acceptors (Lipinski definition) is 4. The van der Waals surface area contributed by atoms with Gasteiger partial charge in [-0.25, -0.2) is 4.98 Å². The largest absolute Gasteiger partial charge is 0.349 e. The average molecular weight is 255 g/mol. The van der Waals surface area contributed by atoms with Gasteiger partial charge in [-0.05, 0) is 41.8 Å². The van der Waals surface area contributed by atoms with E-state index in [0.29, 0.717) is 6.54 Å². The molecule has 1 heterocycles. The molecule has 0 aliphatic heterocycles. The number of carbonyl (C=O) groups is 1. The van der Waals surface area contributed by atoms with Crippen molar-refractivity contribution in [2.45, 2.75) is 33.2 Å². The van der Waals surface area contributed by atoms with Crippen molar-refractivity contribution in [1.82, 2.24) is 15.2 Å². The fourth-order valence-corrected chi connectivity index (χ4v) is 2.11. The predicted octanol–water partition coefficient (Wildman–Crippen LogP) is 1.83. The van der Waals surface area contributed by atoms with E-state index in [2.05, 4.69) is 29.0 Å². The fraction of sp³-hybridized carbons (Fsp3) is 0.667. The number of aryl methyl sites for hydroxylation is 2. The van der Waals surface area contributed by atoms with E-state index in [1.54, 1.807) is 0 Å². The van der Waals surface area contributed by atoms with Crippen molar-refractivity contribution in [2.24, 2.45) is 0 Å². The van der Waals surface area contributed by atoms with Crippen LogP contribution in [-0.4, -0.2) is 42.0 Å². The van der Waals surface area contributed by atoms with Crippen molar-refractivity contribution >= 4 is 17.2 Å². The zero-order valence-corrected chi connectivity index (χ0v) is 12.2. The first kappa shape index (κ1) is 14.1. The van der Waals surface area contributed by atoms with Crippen molar-refractivity contribution in [3.63, 3.8) is 0 Å². The first-order valence-corrected chi connectivity index (χ1v) is 6.45. The Labute approximate surface area is 107 Å². The maximum atomic E-state index is 12.0. The third kappa shape index (κ3) is 3.51. The van der Waals surface area contributed by atoms with Crippen LogP contribution in [0.2, 0.25) is 0 Å². The highest BCUT2D eigenvalue weighted by Gasteiger charge is 2.22. The summed E-state index contributed by atoms with van der Waals surface area (Å²) < 4.78 is 0. The lowest BCUT2D eigenvalue weighted by molar-refractivity contribution is 0.0923. The number of hydrogen-bond donors (Lipinski definition) is 1. The van der Waals surface area contributed by atoms with Crippen LogP contribution in [0.1, 0.15) is 34.2 Å². The SMILES string of the molecule is Cc1nc(C)c(C(=O)NCC(C)(C)N(C)C)s1. The number of carbonyl (C=O) groups excluding carboxylic acids is 1. The minimum atomic E-state index is -0.0523.